The van der Waals surface area contributed by atoms with Gasteiger partial charge in [0.25, 0.3) is 0 Å². The van der Waals surface area contributed by atoms with Crippen molar-refractivity contribution in [3.8, 4) is 23.1 Å². The third-order valence-corrected chi connectivity index (χ3v) is 9.07. The van der Waals surface area contributed by atoms with Crippen molar-refractivity contribution in [2.45, 2.75) is 13.8 Å². The van der Waals surface area contributed by atoms with Gasteiger partial charge in [0.15, 0.2) is 0 Å². The summed E-state index contributed by atoms with van der Waals surface area (Å²) in [7, 11) is 0. The Morgan fingerprint density at radius 2 is 0.877 bits per heavy atom. The minimum absolute atomic E-state index is 0. The summed E-state index contributed by atoms with van der Waals surface area (Å²) in [6, 6.07) is 40.0. The van der Waals surface area contributed by atoms with Crippen LogP contribution in [0.25, 0.3) is 32.9 Å². The van der Waals surface area contributed by atoms with Crippen LogP contribution < -0.4 is 0 Å². The second-order valence-electron chi connectivity index (χ2n) is 12.6. The Bertz CT molecular complexity index is 2620. The molecule has 0 unspecified atom stereocenters. The average Bonchev–Trinajstić information content (AvgIpc) is 3.67. The summed E-state index contributed by atoms with van der Waals surface area (Å²) in [6.07, 6.45) is 2.93. The molecule has 57 heavy (non-hydrogen) atoms. The van der Waals surface area contributed by atoms with Crippen LogP contribution in [0.3, 0.4) is 0 Å². The maximum absolute atomic E-state index is 11.7. The van der Waals surface area contributed by atoms with Gasteiger partial charge in [-0.05, 0) is 61.0 Å². The van der Waals surface area contributed by atoms with Crippen molar-refractivity contribution in [1.82, 2.24) is 19.6 Å². The number of hydrogen-bond donors (Lipinski definition) is 4. The summed E-state index contributed by atoms with van der Waals surface area (Å²) in [5, 5.41) is 52.3. The zero-order valence-electron chi connectivity index (χ0n) is 30.5. The molecular formula is C44H34CoN6O6. The molecule has 0 bridgehead atoms. The minimum Gasteiger partial charge on any atom is -0.493 e. The number of aliphatic imine (C=N–C) groups is 2. The summed E-state index contributed by atoms with van der Waals surface area (Å²) in [5.74, 6) is -2.22. The monoisotopic (exact) mass is 801 g/mol. The quantitative estimate of drug-likeness (QED) is 0.110. The third-order valence-electron chi connectivity index (χ3n) is 9.07. The number of aryl methyl sites for hydroxylation is 2. The molecule has 0 amide bonds. The van der Waals surface area contributed by atoms with Crippen molar-refractivity contribution >= 4 is 57.3 Å². The fraction of sp³-hybridized carbons (Fsp3) is 0.0455. The van der Waals surface area contributed by atoms with Crippen molar-refractivity contribution in [1.29, 1.82) is 0 Å². The van der Waals surface area contributed by atoms with Crippen molar-refractivity contribution in [2.24, 2.45) is 9.98 Å². The van der Waals surface area contributed by atoms with Crippen molar-refractivity contribution < 1.29 is 46.8 Å². The third kappa shape index (κ3) is 8.05. The fourth-order valence-electron chi connectivity index (χ4n) is 6.25. The van der Waals surface area contributed by atoms with Gasteiger partial charge in [-0.2, -0.15) is 10.2 Å². The molecule has 8 aromatic rings. The molecule has 2 aromatic heterocycles. The van der Waals surface area contributed by atoms with E-state index in [9.17, 15) is 30.0 Å². The van der Waals surface area contributed by atoms with Crippen molar-refractivity contribution in [2.75, 3.05) is 0 Å². The SMILES string of the molecule is Cc1nn(-c2ccccc2)c(O)c1C=Nc1c(C(=O)O)ccc2ccccc12.Cc1nn(-c2ccccc2)c(O)c1C=Nc1c(C(=O)O)ccc2ccccc12.[Co]. The van der Waals surface area contributed by atoms with Crippen LogP contribution in [0.4, 0.5) is 11.4 Å². The number of para-hydroxylation sites is 2. The summed E-state index contributed by atoms with van der Waals surface area (Å²) in [6.45, 7) is 3.53. The molecule has 285 valence electrons. The van der Waals surface area contributed by atoms with Gasteiger partial charge in [0, 0.05) is 40.0 Å². The summed E-state index contributed by atoms with van der Waals surface area (Å²) in [5.41, 5.74) is 4.38. The number of carbonyl (C=O) groups is 2. The topological polar surface area (TPSA) is 175 Å². The van der Waals surface area contributed by atoms with E-state index < -0.39 is 11.9 Å². The molecule has 0 aliphatic heterocycles. The Hall–Kier alpha value is -7.35. The second-order valence-corrected chi connectivity index (χ2v) is 12.6. The number of fused-ring (bicyclic) bond motifs is 2. The smallest absolute Gasteiger partial charge is 0.337 e. The molecule has 0 fully saturated rings. The van der Waals surface area contributed by atoms with E-state index >= 15 is 0 Å². The van der Waals surface area contributed by atoms with Gasteiger partial charge in [-0.15, -0.1) is 0 Å². The molecular weight excluding hydrogens is 767 g/mol. The van der Waals surface area contributed by atoms with Crippen LogP contribution in [0, 0.1) is 13.8 Å². The number of carboxylic acids is 2. The van der Waals surface area contributed by atoms with Gasteiger partial charge in [-0.1, -0.05) is 97.1 Å². The molecule has 12 nitrogen and oxygen atoms in total. The standard InChI is InChI=1S/2C22H17N3O3.Co/c2*1-14-19(21(26)25(24-14)16-8-3-2-4-9-16)13-23-20-17-10-6-5-7-15(17)11-12-18(20)22(27)28;/h2*2-13,26H,1H3,(H,27,28);. The van der Waals surface area contributed by atoms with E-state index in [1.54, 1.807) is 26.0 Å². The summed E-state index contributed by atoms with van der Waals surface area (Å²) >= 11 is 0. The van der Waals surface area contributed by atoms with E-state index in [1.807, 2.05) is 109 Å². The van der Waals surface area contributed by atoms with Crippen LogP contribution in [0.15, 0.2) is 143 Å². The van der Waals surface area contributed by atoms with Crippen LogP contribution in [0.1, 0.15) is 43.2 Å². The summed E-state index contributed by atoms with van der Waals surface area (Å²) in [4.78, 5) is 32.2. The van der Waals surface area contributed by atoms with Crippen LogP contribution in [0.5, 0.6) is 11.8 Å². The number of aromatic hydroxyl groups is 2. The summed E-state index contributed by atoms with van der Waals surface area (Å²) < 4.78 is 2.86. The van der Waals surface area contributed by atoms with E-state index in [4.69, 9.17) is 0 Å². The number of nitrogens with zero attached hydrogens (tertiary/aromatic N) is 6. The molecule has 0 spiro atoms. The van der Waals surface area contributed by atoms with Gasteiger partial charge in [0.05, 0.1) is 56.4 Å². The zero-order chi connectivity index (χ0) is 39.3. The second kappa shape index (κ2) is 17.0. The van der Waals surface area contributed by atoms with E-state index in [-0.39, 0.29) is 39.7 Å². The number of rotatable bonds is 8. The molecule has 0 atom stereocenters. The van der Waals surface area contributed by atoms with Crippen LogP contribution in [-0.2, 0) is 16.8 Å². The Morgan fingerprint density at radius 1 is 0.526 bits per heavy atom. The van der Waals surface area contributed by atoms with Gasteiger partial charge in [-0.25, -0.2) is 19.0 Å². The number of hydrogen-bond acceptors (Lipinski definition) is 8. The maximum Gasteiger partial charge on any atom is 0.337 e. The number of aromatic carboxylic acids is 2. The average molecular weight is 802 g/mol. The van der Waals surface area contributed by atoms with Crippen LogP contribution in [-0.4, -0.2) is 64.4 Å². The fourth-order valence-corrected chi connectivity index (χ4v) is 6.25. The Morgan fingerprint density at radius 3 is 1.25 bits per heavy atom. The van der Waals surface area contributed by atoms with E-state index in [0.717, 1.165) is 32.9 Å². The molecule has 0 aliphatic rings. The normalized spacial score (nSPS) is 11.1. The molecule has 6 aromatic carbocycles. The molecule has 0 saturated heterocycles. The first-order chi connectivity index (χ1) is 27.1. The number of benzene rings is 6. The largest absolute Gasteiger partial charge is 0.493 e. The first-order valence-corrected chi connectivity index (χ1v) is 17.4. The number of carboxylic acid groups (broad SMARTS) is 2. The minimum atomic E-state index is -1.06. The molecule has 1 radical (unpaired) electrons. The number of aromatic nitrogens is 4. The van der Waals surface area contributed by atoms with E-state index in [0.29, 0.717) is 33.9 Å². The van der Waals surface area contributed by atoms with Crippen molar-refractivity contribution in [3.63, 3.8) is 0 Å². The van der Waals surface area contributed by atoms with E-state index in [1.165, 1.54) is 33.9 Å². The maximum atomic E-state index is 11.7. The van der Waals surface area contributed by atoms with Crippen LogP contribution in [0.2, 0.25) is 0 Å². The Balaban J connectivity index is 0.000000189. The Kier molecular flexibility index (Phi) is 11.7. The van der Waals surface area contributed by atoms with Crippen LogP contribution >= 0.6 is 0 Å². The van der Waals surface area contributed by atoms with Gasteiger partial charge in [0.1, 0.15) is 0 Å². The molecule has 8 rings (SSSR count). The first-order valence-electron chi connectivity index (χ1n) is 17.4. The predicted octanol–water partition coefficient (Wildman–Crippen LogP) is 8.97. The molecule has 2 heterocycles. The van der Waals surface area contributed by atoms with Gasteiger partial charge in [-0.3, -0.25) is 9.98 Å². The van der Waals surface area contributed by atoms with Crippen molar-refractivity contribution in [3.05, 3.63) is 167 Å². The first kappa shape index (κ1) is 39.3. The molecule has 0 saturated carbocycles. The van der Waals surface area contributed by atoms with Gasteiger partial charge >= 0.3 is 11.9 Å². The predicted molar refractivity (Wildman–Crippen MR) is 216 cm³/mol. The molecule has 0 aliphatic carbocycles. The van der Waals surface area contributed by atoms with Gasteiger partial charge in [0.2, 0.25) is 11.8 Å². The molecule has 13 heteroatoms. The van der Waals surface area contributed by atoms with E-state index in [2.05, 4.69) is 20.2 Å². The Labute approximate surface area is 336 Å². The van der Waals surface area contributed by atoms with Gasteiger partial charge < -0.3 is 20.4 Å². The molecule has 4 N–H and O–H groups in total. The zero-order valence-corrected chi connectivity index (χ0v) is 31.5.